The molecule has 2 aromatic heterocycles. The lowest BCUT2D eigenvalue weighted by molar-refractivity contribution is 0.102. The van der Waals surface area contributed by atoms with Gasteiger partial charge in [0.25, 0.3) is 0 Å². The second kappa shape index (κ2) is 4.44. The molecular formula is C12H8N2O2. The zero-order valence-electron chi connectivity index (χ0n) is 8.33. The predicted molar refractivity (Wildman–Crippen MR) is 57.3 cm³/mol. The largest absolute Gasteiger partial charge is 0.296 e. The molecule has 0 aliphatic rings. The van der Waals surface area contributed by atoms with Crippen LogP contribution in [-0.2, 0) is 0 Å². The van der Waals surface area contributed by atoms with Crippen LogP contribution in [0.5, 0.6) is 0 Å². The molecule has 0 atom stereocenters. The van der Waals surface area contributed by atoms with E-state index in [2.05, 4.69) is 9.97 Å². The van der Waals surface area contributed by atoms with Crippen LogP contribution in [0.15, 0.2) is 42.7 Å². The van der Waals surface area contributed by atoms with Crippen molar-refractivity contribution in [2.45, 2.75) is 0 Å². The molecule has 0 spiro atoms. The number of hydrogen-bond donors (Lipinski definition) is 0. The first kappa shape index (κ1) is 10.2. The van der Waals surface area contributed by atoms with Gasteiger partial charge in [0.05, 0.1) is 5.56 Å². The van der Waals surface area contributed by atoms with Crippen molar-refractivity contribution in [2.75, 3.05) is 0 Å². The van der Waals surface area contributed by atoms with Crippen LogP contribution >= 0.6 is 0 Å². The maximum absolute atomic E-state index is 12.0. The fraction of sp³-hybridized carbons (Fsp3) is 0. The second-order valence-corrected chi connectivity index (χ2v) is 3.10. The van der Waals surface area contributed by atoms with Gasteiger partial charge in [0.15, 0.2) is 6.29 Å². The van der Waals surface area contributed by atoms with Gasteiger partial charge in [0, 0.05) is 12.4 Å². The molecule has 0 saturated carbocycles. The van der Waals surface area contributed by atoms with Crippen molar-refractivity contribution in [1.82, 2.24) is 9.97 Å². The maximum atomic E-state index is 12.0. The zero-order chi connectivity index (χ0) is 11.4. The Balaban J connectivity index is 2.46. The number of carbonyl (C=O) groups excluding carboxylic acids is 2. The van der Waals surface area contributed by atoms with Gasteiger partial charge >= 0.3 is 0 Å². The second-order valence-electron chi connectivity index (χ2n) is 3.10. The molecule has 0 aromatic carbocycles. The van der Waals surface area contributed by atoms with Crippen LogP contribution < -0.4 is 0 Å². The third-order valence-electron chi connectivity index (χ3n) is 2.09. The summed E-state index contributed by atoms with van der Waals surface area (Å²) in [5, 5.41) is 0. The van der Waals surface area contributed by atoms with Crippen molar-refractivity contribution >= 4 is 12.1 Å². The van der Waals surface area contributed by atoms with E-state index in [-0.39, 0.29) is 17.0 Å². The first-order chi connectivity index (χ1) is 7.83. The standard InChI is InChI=1S/C12H8N2O2/c15-8-11-9(4-3-7-14-11)12(16)10-5-1-2-6-13-10/h1-8H. The van der Waals surface area contributed by atoms with Crippen molar-refractivity contribution in [3.8, 4) is 0 Å². The molecule has 0 bridgehead atoms. The molecule has 4 nitrogen and oxygen atoms in total. The van der Waals surface area contributed by atoms with Crippen LogP contribution in [0.4, 0.5) is 0 Å². The van der Waals surface area contributed by atoms with E-state index in [1.165, 1.54) is 12.4 Å². The fourth-order valence-corrected chi connectivity index (χ4v) is 1.34. The van der Waals surface area contributed by atoms with E-state index in [9.17, 15) is 9.59 Å². The minimum atomic E-state index is -0.296. The van der Waals surface area contributed by atoms with Crippen LogP contribution in [0.1, 0.15) is 26.5 Å². The van der Waals surface area contributed by atoms with Gasteiger partial charge in [0.2, 0.25) is 5.78 Å². The molecule has 0 unspecified atom stereocenters. The molecule has 4 heteroatoms. The minimum absolute atomic E-state index is 0.137. The Morgan fingerprint density at radius 1 is 1.06 bits per heavy atom. The lowest BCUT2D eigenvalue weighted by Gasteiger charge is -2.01. The van der Waals surface area contributed by atoms with Crippen LogP contribution in [0.25, 0.3) is 0 Å². The third kappa shape index (κ3) is 1.86. The summed E-state index contributed by atoms with van der Waals surface area (Å²) < 4.78 is 0. The van der Waals surface area contributed by atoms with Gasteiger partial charge in [-0.25, -0.2) is 0 Å². The number of aldehydes is 1. The average Bonchev–Trinajstić information content (AvgIpc) is 2.39. The van der Waals surface area contributed by atoms with E-state index in [4.69, 9.17) is 0 Å². The van der Waals surface area contributed by atoms with E-state index < -0.39 is 0 Å². The van der Waals surface area contributed by atoms with Crippen molar-refractivity contribution in [2.24, 2.45) is 0 Å². The lowest BCUT2D eigenvalue weighted by Crippen LogP contribution is -2.08. The highest BCUT2D eigenvalue weighted by atomic mass is 16.1. The predicted octanol–water partition coefficient (Wildman–Crippen LogP) is 1.52. The Kier molecular flexibility index (Phi) is 2.82. The number of aromatic nitrogens is 2. The molecule has 0 amide bonds. The van der Waals surface area contributed by atoms with Crippen LogP contribution in [0.2, 0.25) is 0 Å². The number of hydrogen-bond acceptors (Lipinski definition) is 4. The summed E-state index contributed by atoms with van der Waals surface area (Å²) >= 11 is 0. The lowest BCUT2D eigenvalue weighted by atomic mass is 10.1. The van der Waals surface area contributed by atoms with E-state index in [0.29, 0.717) is 12.0 Å². The minimum Gasteiger partial charge on any atom is -0.296 e. The van der Waals surface area contributed by atoms with Crippen LogP contribution in [0.3, 0.4) is 0 Å². The quantitative estimate of drug-likeness (QED) is 0.571. The van der Waals surface area contributed by atoms with Gasteiger partial charge in [-0.05, 0) is 24.3 Å². The SMILES string of the molecule is O=Cc1ncccc1C(=O)c1ccccn1. The molecule has 16 heavy (non-hydrogen) atoms. The van der Waals surface area contributed by atoms with Gasteiger partial charge in [0.1, 0.15) is 11.4 Å². The maximum Gasteiger partial charge on any atom is 0.213 e. The Morgan fingerprint density at radius 2 is 1.88 bits per heavy atom. The highest BCUT2D eigenvalue weighted by Crippen LogP contribution is 2.09. The first-order valence-corrected chi connectivity index (χ1v) is 4.69. The fourth-order valence-electron chi connectivity index (χ4n) is 1.34. The molecule has 0 aliphatic carbocycles. The van der Waals surface area contributed by atoms with E-state index >= 15 is 0 Å². The third-order valence-corrected chi connectivity index (χ3v) is 2.09. The topological polar surface area (TPSA) is 59.9 Å². The molecule has 2 aromatic rings. The van der Waals surface area contributed by atoms with Crippen LogP contribution in [0, 0.1) is 0 Å². The molecule has 2 rings (SSSR count). The Labute approximate surface area is 92.0 Å². The zero-order valence-corrected chi connectivity index (χ0v) is 8.33. The molecule has 0 radical (unpaired) electrons. The summed E-state index contributed by atoms with van der Waals surface area (Å²) in [6.07, 6.45) is 3.57. The molecule has 2 heterocycles. The summed E-state index contributed by atoms with van der Waals surface area (Å²) in [5.74, 6) is -0.296. The van der Waals surface area contributed by atoms with Crippen molar-refractivity contribution in [3.63, 3.8) is 0 Å². The smallest absolute Gasteiger partial charge is 0.213 e. The number of ketones is 1. The number of carbonyl (C=O) groups is 2. The molecule has 0 N–H and O–H groups in total. The normalized spacial score (nSPS) is 9.75. The van der Waals surface area contributed by atoms with Crippen molar-refractivity contribution in [3.05, 3.63) is 59.7 Å². The Bertz CT molecular complexity index is 524. The molecular weight excluding hydrogens is 204 g/mol. The molecule has 0 aliphatic heterocycles. The molecule has 78 valence electrons. The number of nitrogens with zero attached hydrogens (tertiary/aromatic N) is 2. The van der Waals surface area contributed by atoms with Crippen molar-refractivity contribution < 1.29 is 9.59 Å². The van der Waals surface area contributed by atoms with Gasteiger partial charge in [-0.3, -0.25) is 19.6 Å². The van der Waals surface area contributed by atoms with E-state index in [1.54, 1.807) is 30.3 Å². The van der Waals surface area contributed by atoms with Gasteiger partial charge in [-0.15, -0.1) is 0 Å². The molecule has 0 saturated heterocycles. The molecule has 0 fully saturated rings. The van der Waals surface area contributed by atoms with Gasteiger partial charge in [-0.2, -0.15) is 0 Å². The van der Waals surface area contributed by atoms with Gasteiger partial charge < -0.3 is 0 Å². The number of rotatable bonds is 3. The monoisotopic (exact) mass is 212 g/mol. The highest BCUT2D eigenvalue weighted by Gasteiger charge is 2.14. The number of pyridine rings is 2. The Hall–Kier alpha value is -2.36. The summed E-state index contributed by atoms with van der Waals surface area (Å²) in [6.45, 7) is 0. The highest BCUT2D eigenvalue weighted by molar-refractivity contribution is 6.11. The summed E-state index contributed by atoms with van der Waals surface area (Å²) in [4.78, 5) is 30.5. The summed E-state index contributed by atoms with van der Waals surface area (Å²) in [6, 6.07) is 8.22. The Morgan fingerprint density at radius 3 is 2.56 bits per heavy atom. The van der Waals surface area contributed by atoms with Crippen LogP contribution in [-0.4, -0.2) is 22.0 Å². The van der Waals surface area contributed by atoms with Gasteiger partial charge in [-0.1, -0.05) is 6.07 Å². The average molecular weight is 212 g/mol. The van der Waals surface area contributed by atoms with E-state index in [1.807, 2.05) is 0 Å². The summed E-state index contributed by atoms with van der Waals surface area (Å²) in [7, 11) is 0. The van der Waals surface area contributed by atoms with E-state index in [0.717, 1.165) is 0 Å². The van der Waals surface area contributed by atoms with Crippen molar-refractivity contribution in [1.29, 1.82) is 0 Å². The summed E-state index contributed by atoms with van der Waals surface area (Å²) in [5.41, 5.74) is 0.716. The first-order valence-electron chi connectivity index (χ1n) is 4.69.